The maximum Gasteiger partial charge on any atom is 0.136 e. The Labute approximate surface area is 93.0 Å². The molecule has 0 atom stereocenters. The lowest BCUT2D eigenvalue weighted by atomic mass is 10.3. The van der Waals surface area contributed by atoms with Gasteiger partial charge < -0.3 is 4.40 Å². The van der Waals surface area contributed by atoms with E-state index in [2.05, 4.69) is 24.2 Å². The fourth-order valence-electron chi connectivity index (χ4n) is 1.23. The van der Waals surface area contributed by atoms with E-state index in [1.165, 1.54) is 5.56 Å². The molecule has 0 amide bonds. The van der Waals surface area contributed by atoms with E-state index in [1.54, 1.807) is 0 Å². The van der Waals surface area contributed by atoms with Crippen LogP contribution in [0.4, 0.5) is 0 Å². The van der Waals surface area contributed by atoms with Crippen LogP contribution in [0.3, 0.4) is 0 Å². The van der Waals surface area contributed by atoms with Crippen LogP contribution in [0.25, 0.3) is 5.65 Å². The Balaban J connectivity index is 0.000000442. The number of aromatic nitrogens is 2. The largest absolute Gasteiger partial charge is 0.307 e. The van der Waals surface area contributed by atoms with Crippen molar-refractivity contribution >= 4 is 5.65 Å². The number of fused-ring (bicyclic) bond motifs is 1. The van der Waals surface area contributed by atoms with Gasteiger partial charge in [0.15, 0.2) is 0 Å². The molecule has 0 aliphatic rings. The third-order valence-corrected chi connectivity index (χ3v) is 1.72. The van der Waals surface area contributed by atoms with E-state index in [-0.39, 0.29) is 0 Å². The smallest absolute Gasteiger partial charge is 0.136 e. The third-order valence-electron chi connectivity index (χ3n) is 1.72. The molecule has 2 nitrogen and oxygen atoms in total. The van der Waals surface area contributed by atoms with Crippen molar-refractivity contribution in [3.8, 4) is 0 Å². The van der Waals surface area contributed by atoms with Crippen LogP contribution in [0, 0.1) is 13.8 Å². The van der Waals surface area contributed by atoms with E-state index < -0.39 is 0 Å². The standard InChI is InChI=1S/C9H10N2.2C2H6/c1-7-3-4-9-10-8(2)6-11(9)5-7;2*1-2/h3-6H,1-2H3;2*1-2H3. The molecule has 0 fully saturated rings. The second-order valence-electron chi connectivity index (χ2n) is 2.85. The van der Waals surface area contributed by atoms with Gasteiger partial charge in [0.1, 0.15) is 5.65 Å². The van der Waals surface area contributed by atoms with Crippen molar-refractivity contribution in [2.45, 2.75) is 41.5 Å². The first kappa shape index (κ1) is 13.7. The van der Waals surface area contributed by atoms with Gasteiger partial charge in [-0.25, -0.2) is 4.98 Å². The SMILES string of the molecule is CC.CC.Cc1ccc2nc(C)cn2c1. The van der Waals surface area contributed by atoms with Gasteiger partial charge in [0.05, 0.1) is 5.69 Å². The number of rotatable bonds is 0. The number of pyridine rings is 1. The molecule has 84 valence electrons. The monoisotopic (exact) mass is 206 g/mol. The molecule has 0 N–H and O–H groups in total. The molecule has 0 saturated carbocycles. The molecule has 0 aliphatic carbocycles. The molecule has 2 heterocycles. The summed E-state index contributed by atoms with van der Waals surface area (Å²) >= 11 is 0. The van der Waals surface area contributed by atoms with Crippen LogP contribution < -0.4 is 0 Å². The molecule has 0 saturated heterocycles. The van der Waals surface area contributed by atoms with Crippen LogP contribution >= 0.6 is 0 Å². The number of aryl methyl sites for hydroxylation is 2. The average Bonchev–Trinajstić information content (AvgIpc) is 2.63. The van der Waals surface area contributed by atoms with Crippen molar-refractivity contribution in [1.29, 1.82) is 0 Å². The van der Waals surface area contributed by atoms with Gasteiger partial charge in [-0.3, -0.25) is 0 Å². The first-order chi connectivity index (χ1) is 7.25. The summed E-state index contributed by atoms with van der Waals surface area (Å²) < 4.78 is 2.05. The molecule has 15 heavy (non-hydrogen) atoms. The van der Waals surface area contributed by atoms with Crippen LogP contribution in [0.5, 0.6) is 0 Å². The quantitative estimate of drug-likeness (QED) is 0.636. The minimum atomic E-state index is 1.02. The average molecular weight is 206 g/mol. The topological polar surface area (TPSA) is 17.3 Å². The Bertz CT molecular complexity index is 388. The lowest BCUT2D eigenvalue weighted by Crippen LogP contribution is -1.82. The number of imidazole rings is 1. The van der Waals surface area contributed by atoms with Gasteiger partial charge in [-0.1, -0.05) is 33.8 Å². The number of nitrogens with zero attached hydrogens (tertiary/aromatic N) is 2. The highest BCUT2D eigenvalue weighted by atomic mass is 15.0. The van der Waals surface area contributed by atoms with Crippen LogP contribution in [-0.2, 0) is 0 Å². The lowest BCUT2D eigenvalue weighted by Gasteiger charge is -1.92. The molecule has 2 aromatic rings. The highest BCUT2D eigenvalue weighted by Crippen LogP contribution is 2.05. The van der Waals surface area contributed by atoms with E-state index in [0.717, 1.165) is 11.3 Å². The van der Waals surface area contributed by atoms with Crippen LogP contribution in [0.15, 0.2) is 24.5 Å². The Morgan fingerprint density at radius 3 is 2.13 bits per heavy atom. The van der Waals surface area contributed by atoms with Gasteiger partial charge in [0.25, 0.3) is 0 Å². The summed E-state index contributed by atoms with van der Waals surface area (Å²) in [5, 5.41) is 0. The van der Waals surface area contributed by atoms with Crippen LogP contribution in [0.2, 0.25) is 0 Å². The zero-order chi connectivity index (χ0) is 11.8. The summed E-state index contributed by atoms with van der Waals surface area (Å²) in [6.45, 7) is 12.1. The predicted octanol–water partition coefficient (Wildman–Crippen LogP) is 4.00. The summed E-state index contributed by atoms with van der Waals surface area (Å²) in [6.07, 6.45) is 4.11. The van der Waals surface area contributed by atoms with Gasteiger partial charge >= 0.3 is 0 Å². The van der Waals surface area contributed by atoms with Gasteiger partial charge in [0, 0.05) is 12.4 Å². The molecule has 0 bridgehead atoms. The van der Waals surface area contributed by atoms with E-state index in [0.29, 0.717) is 0 Å². The highest BCUT2D eigenvalue weighted by molar-refractivity contribution is 5.40. The van der Waals surface area contributed by atoms with Gasteiger partial charge in [-0.15, -0.1) is 0 Å². The van der Waals surface area contributed by atoms with Crippen molar-refractivity contribution in [3.05, 3.63) is 35.8 Å². The van der Waals surface area contributed by atoms with E-state index >= 15 is 0 Å². The highest BCUT2D eigenvalue weighted by Gasteiger charge is 1.94. The number of hydrogen-bond donors (Lipinski definition) is 0. The van der Waals surface area contributed by atoms with E-state index in [4.69, 9.17) is 0 Å². The molecule has 2 rings (SSSR count). The fraction of sp³-hybridized carbons (Fsp3) is 0.462. The zero-order valence-electron chi connectivity index (χ0n) is 10.7. The predicted molar refractivity (Wildman–Crippen MR) is 67.4 cm³/mol. The normalized spacial score (nSPS) is 8.67. The van der Waals surface area contributed by atoms with Gasteiger partial charge in [0.2, 0.25) is 0 Å². The van der Waals surface area contributed by atoms with Crippen molar-refractivity contribution in [3.63, 3.8) is 0 Å². The molecule has 0 spiro atoms. The molecule has 0 unspecified atom stereocenters. The van der Waals surface area contributed by atoms with E-state index in [1.807, 2.05) is 51.3 Å². The first-order valence-electron chi connectivity index (χ1n) is 5.68. The molecule has 0 aromatic carbocycles. The van der Waals surface area contributed by atoms with Crippen molar-refractivity contribution < 1.29 is 0 Å². The minimum Gasteiger partial charge on any atom is -0.307 e. The lowest BCUT2D eigenvalue weighted by molar-refractivity contribution is 1.15. The molecule has 0 radical (unpaired) electrons. The maximum atomic E-state index is 4.32. The Hall–Kier alpha value is -1.31. The second-order valence-corrected chi connectivity index (χ2v) is 2.85. The fourth-order valence-corrected chi connectivity index (χ4v) is 1.23. The number of hydrogen-bond acceptors (Lipinski definition) is 1. The van der Waals surface area contributed by atoms with Crippen molar-refractivity contribution in [2.24, 2.45) is 0 Å². The Kier molecular flexibility index (Phi) is 6.43. The Morgan fingerprint density at radius 2 is 1.53 bits per heavy atom. The van der Waals surface area contributed by atoms with Gasteiger partial charge in [-0.2, -0.15) is 0 Å². The maximum absolute atomic E-state index is 4.32. The summed E-state index contributed by atoms with van der Waals surface area (Å²) in [5.41, 5.74) is 3.35. The van der Waals surface area contributed by atoms with Crippen LogP contribution in [0.1, 0.15) is 39.0 Å². The van der Waals surface area contributed by atoms with Crippen molar-refractivity contribution in [2.75, 3.05) is 0 Å². The summed E-state index contributed by atoms with van der Waals surface area (Å²) in [6, 6.07) is 4.10. The van der Waals surface area contributed by atoms with Crippen molar-refractivity contribution in [1.82, 2.24) is 9.38 Å². The molecule has 2 heteroatoms. The summed E-state index contributed by atoms with van der Waals surface area (Å²) in [4.78, 5) is 4.32. The summed E-state index contributed by atoms with van der Waals surface area (Å²) in [7, 11) is 0. The minimum absolute atomic E-state index is 1.02. The molecule has 2 aromatic heterocycles. The summed E-state index contributed by atoms with van der Waals surface area (Å²) in [5.74, 6) is 0. The first-order valence-corrected chi connectivity index (χ1v) is 5.68. The van der Waals surface area contributed by atoms with Gasteiger partial charge in [-0.05, 0) is 25.5 Å². The Morgan fingerprint density at radius 1 is 0.933 bits per heavy atom. The van der Waals surface area contributed by atoms with Crippen LogP contribution in [-0.4, -0.2) is 9.38 Å². The molecule has 0 aliphatic heterocycles. The van der Waals surface area contributed by atoms with E-state index in [9.17, 15) is 0 Å². The molecular weight excluding hydrogens is 184 g/mol. The molecular formula is C13H22N2. The third kappa shape index (κ3) is 3.74. The second kappa shape index (κ2) is 7.04. The zero-order valence-corrected chi connectivity index (χ0v) is 10.7.